The zero-order valence-corrected chi connectivity index (χ0v) is 12.8. The van der Waals surface area contributed by atoms with E-state index in [0.29, 0.717) is 6.54 Å². The van der Waals surface area contributed by atoms with E-state index in [1.807, 2.05) is 7.11 Å². The predicted molar refractivity (Wildman–Crippen MR) is 83.8 cm³/mol. The number of ether oxygens (including phenoxy) is 1. The summed E-state index contributed by atoms with van der Waals surface area (Å²) in [4.78, 5) is 2.44. The standard InChI is InChI=1S/C17H28N2O/c1-19(13-11-15-8-4-3-5-9-15)17(14-18)12-7-6-10-16(17)20-2/h3-5,8-9,16H,6-7,10-14,18H2,1-2H3. The van der Waals surface area contributed by atoms with Gasteiger partial charge in [-0.2, -0.15) is 0 Å². The smallest absolute Gasteiger partial charge is 0.0767 e. The first-order valence-electron chi connectivity index (χ1n) is 7.71. The van der Waals surface area contributed by atoms with E-state index < -0.39 is 0 Å². The van der Waals surface area contributed by atoms with Gasteiger partial charge in [0, 0.05) is 20.2 Å². The number of benzene rings is 1. The minimum absolute atomic E-state index is 0.0157. The molecule has 3 nitrogen and oxygen atoms in total. The number of hydrogen-bond donors (Lipinski definition) is 1. The molecular formula is C17H28N2O. The van der Waals surface area contributed by atoms with Gasteiger partial charge in [-0.3, -0.25) is 4.90 Å². The van der Waals surface area contributed by atoms with Crippen molar-refractivity contribution >= 4 is 0 Å². The number of rotatable bonds is 6. The highest BCUT2D eigenvalue weighted by molar-refractivity contribution is 5.15. The van der Waals surface area contributed by atoms with E-state index in [-0.39, 0.29) is 11.6 Å². The van der Waals surface area contributed by atoms with Crippen LogP contribution in [0.4, 0.5) is 0 Å². The zero-order chi connectivity index (χ0) is 14.4. The van der Waals surface area contributed by atoms with Crippen LogP contribution < -0.4 is 5.73 Å². The number of likely N-dealkylation sites (N-methyl/N-ethyl adjacent to an activating group) is 1. The number of hydrogen-bond acceptors (Lipinski definition) is 3. The quantitative estimate of drug-likeness (QED) is 0.867. The van der Waals surface area contributed by atoms with Gasteiger partial charge in [-0.15, -0.1) is 0 Å². The van der Waals surface area contributed by atoms with Crippen molar-refractivity contribution in [2.24, 2.45) is 5.73 Å². The Balaban J connectivity index is 2.02. The van der Waals surface area contributed by atoms with Gasteiger partial charge in [-0.25, -0.2) is 0 Å². The van der Waals surface area contributed by atoms with E-state index >= 15 is 0 Å². The third-order valence-electron chi connectivity index (χ3n) is 4.90. The van der Waals surface area contributed by atoms with Crippen molar-refractivity contribution < 1.29 is 4.74 Å². The first-order chi connectivity index (χ1) is 9.73. The van der Waals surface area contributed by atoms with Crippen LogP contribution in [0.25, 0.3) is 0 Å². The highest BCUT2D eigenvalue weighted by atomic mass is 16.5. The second kappa shape index (κ2) is 7.21. The summed E-state index contributed by atoms with van der Waals surface area (Å²) in [5, 5.41) is 0. The van der Waals surface area contributed by atoms with Crippen LogP contribution in [0.2, 0.25) is 0 Å². The Hall–Kier alpha value is -0.900. The average molecular weight is 276 g/mol. The summed E-state index contributed by atoms with van der Waals surface area (Å²) in [7, 11) is 4.03. The summed E-state index contributed by atoms with van der Waals surface area (Å²) in [5.41, 5.74) is 7.55. The Morgan fingerprint density at radius 2 is 2.05 bits per heavy atom. The molecule has 1 saturated carbocycles. The average Bonchev–Trinajstić information content (AvgIpc) is 2.53. The molecule has 112 valence electrons. The Bertz CT molecular complexity index is 395. The van der Waals surface area contributed by atoms with E-state index in [9.17, 15) is 0 Å². The molecule has 0 aromatic heterocycles. The van der Waals surface area contributed by atoms with Crippen LogP contribution in [0.3, 0.4) is 0 Å². The second-order valence-corrected chi connectivity index (χ2v) is 5.93. The van der Waals surface area contributed by atoms with E-state index in [1.54, 1.807) is 0 Å². The summed E-state index contributed by atoms with van der Waals surface area (Å²) < 4.78 is 5.75. The number of nitrogens with zero attached hydrogens (tertiary/aromatic N) is 1. The van der Waals surface area contributed by atoms with E-state index in [2.05, 4.69) is 42.3 Å². The fourth-order valence-corrected chi connectivity index (χ4v) is 3.52. The summed E-state index contributed by atoms with van der Waals surface area (Å²) in [5.74, 6) is 0. The molecule has 1 fully saturated rings. The lowest BCUT2D eigenvalue weighted by Gasteiger charge is -2.49. The van der Waals surface area contributed by atoms with Crippen LogP contribution in [0.15, 0.2) is 30.3 Å². The maximum atomic E-state index is 6.15. The Kier molecular flexibility index (Phi) is 5.58. The van der Waals surface area contributed by atoms with Crippen molar-refractivity contribution in [3.8, 4) is 0 Å². The van der Waals surface area contributed by atoms with Crippen molar-refractivity contribution in [1.29, 1.82) is 0 Å². The van der Waals surface area contributed by atoms with Gasteiger partial charge in [0.25, 0.3) is 0 Å². The summed E-state index contributed by atoms with van der Waals surface area (Å²) >= 11 is 0. The van der Waals surface area contributed by atoms with Crippen LogP contribution in [-0.2, 0) is 11.2 Å². The first kappa shape index (κ1) is 15.5. The summed E-state index contributed by atoms with van der Waals surface area (Å²) in [6, 6.07) is 10.7. The van der Waals surface area contributed by atoms with E-state index in [4.69, 9.17) is 10.5 Å². The highest BCUT2D eigenvalue weighted by Gasteiger charge is 2.42. The fourth-order valence-electron chi connectivity index (χ4n) is 3.52. The summed E-state index contributed by atoms with van der Waals surface area (Å²) in [6.07, 6.45) is 6.12. The Morgan fingerprint density at radius 3 is 2.70 bits per heavy atom. The minimum Gasteiger partial charge on any atom is -0.379 e. The Labute approximate surface area is 123 Å². The van der Waals surface area contributed by atoms with Crippen LogP contribution in [0, 0.1) is 0 Å². The van der Waals surface area contributed by atoms with Crippen molar-refractivity contribution in [3.05, 3.63) is 35.9 Å². The fraction of sp³-hybridized carbons (Fsp3) is 0.647. The third kappa shape index (κ3) is 3.22. The van der Waals surface area contributed by atoms with Crippen LogP contribution in [-0.4, -0.2) is 43.8 Å². The molecule has 1 aliphatic rings. The second-order valence-electron chi connectivity index (χ2n) is 5.93. The van der Waals surface area contributed by atoms with Gasteiger partial charge in [0.15, 0.2) is 0 Å². The molecular weight excluding hydrogens is 248 g/mol. The molecule has 20 heavy (non-hydrogen) atoms. The van der Waals surface area contributed by atoms with Crippen molar-refractivity contribution in [2.75, 3.05) is 27.2 Å². The maximum Gasteiger partial charge on any atom is 0.0767 e. The monoisotopic (exact) mass is 276 g/mol. The maximum absolute atomic E-state index is 6.15. The highest BCUT2D eigenvalue weighted by Crippen LogP contribution is 2.34. The zero-order valence-electron chi connectivity index (χ0n) is 12.8. The SMILES string of the molecule is COC1CCCCC1(CN)N(C)CCc1ccccc1. The van der Waals surface area contributed by atoms with Crippen LogP contribution in [0.5, 0.6) is 0 Å². The third-order valence-corrected chi connectivity index (χ3v) is 4.90. The molecule has 0 bridgehead atoms. The molecule has 0 heterocycles. The molecule has 0 radical (unpaired) electrons. The molecule has 2 atom stereocenters. The van der Waals surface area contributed by atoms with Gasteiger partial charge in [0.1, 0.15) is 0 Å². The minimum atomic E-state index is 0.0157. The van der Waals surface area contributed by atoms with Gasteiger partial charge in [-0.1, -0.05) is 43.2 Å². The lowest BCUT2D eigenvalue weighted by molar-refractivity contribution is -0.0652. The van der Waals surface area contributed by atoms with Gasteiger partial charge >= 0.3 is 0 Å². The molecule has 2 rings (SSSR count). The largest absolute Gasteiger partial charge is 0.379 e. The molecule has 0 spiro atoms. The normalized spacial score (nSPS) is 26.9. The van der Waals surface area contributed by atoms with Gasteiger partial charge in [0.2, 0.25) is 0 Å². The topological polar surface area (TPSA) is 38.5 Å². The van der Waals surface area contributed by atoms with E-state index in [1.165, 1.54) is 18.4 Å². The molecule has 2 unspecified atom stereocenters. The molecule has 3 heteroatoms. The van der Waals surface area contributed by atoms with Crippen LogP contribution >= 0.6 is 0 Å². The first-order valence-corrected chi connectivity index (χ1v) is 7.71. The van der Waals surface area contributed by atoms with Crippen molar-refractivity contribution in [3.63, 3.8) is 0 Å². The molecule has 1 aromatic carbocycles. The summed E-state index contributed by atoms with van der Waals surface area (Å²) in [6.45, 7) is 1.71. The number of nitrogens with two attached hydrogens (primary N) is 1. The molecule has 0 aliphatic heterocycles. The molecule has 2 N–H and O–H groups in total. The lowest BCUT2D eigenvalue weighted by atomic mass is 9.77. The molecule has 0 amide bonds. The van der Waals surface area contributed by atoms with Crippen molar-refractivity contribution in [2.45, 2.75) is 43.7 Å². The van der Waals surface area contributed by atoms with Gasteiger partial charge in [0.05, 0.1) is 11.6 Å². The molecule has 0 saturated heterocycles. The Morgan fingerprint density at radius 1 is 1.30 bits per heavy atom. The molecule has 1 aliphatic carbocycles. The van der Waals surface area contributed by atoms with Gasteiger partial charge in [-0.05, 0) is 31.9 Å². The predicted octanol–water partition coefficient (Wildman–Crippen LogP) is 2.45. The van der Waals surface area contributed by atoms with Gasteiger partial charge < -0.3 is 10.5 Å². The molecule has 1 aromatic rings. The van der Waals surface area contributed by atoms with Crippen molar-refractivity contribution in [1.82, 2.24) is 4.90 Å². The van der Waals surface area contributed by atoms with E-state index in [0.717, 1.165) is 25.8 Å². The lowest BCUT2D eigenvalue weighted by Crippen LogP contribution is -2.62. The number of methoxy groups -OCH3 is 1. The van der Waals surface area contributed by atoms with Crippen LogP contribution in [0.1, 0.15) is 31.2 Å².